The van der Waals surface area contributed by atoms with Gasteiger partial charge in [-0.25, -0.2) is 9.97 Å². The van der Waals surface area contributed by atoms with Crippen LogP contribution in [0.25, 0.3) is 0 Å². The fourth-order valence-corrected chi connectivity index (χ4v) is 2.32. The van der Waals surface area contributed by atoms with Gasteiger partial charge in [0, 0.05) is 16.4 Å². The van der Waals surface area contributed by atoms with Gasteiger partial charge >= 0.3 is 6.18 Å². The van der Waals surface area contributed by atoms with Crippen molar-refractivity contribution in [3.05, 3.63) is 46.7 Å². The molecule has 9 heteroatoms. The third-order valence-electron chi connectivity index (χ3n) is 2.38. The zero-order valence-electron chi connectivity index (χ0n) is 10.9. The van der Waals surface area contributed by atoms with E-state index in [-0.39, 0.29) is 16.8 Å². The van der Waals surface area contributed by atoms with Crippen LogP contribution in [0.2, 0.25) is 0 Å². The van der Waals surface area contributed by atoms with E-state index >= 15 is 0 Å². The Bertz CT molecular complexity index is 664. The van der Waals surface area contributed by atoms with Crippen LogP contribution in [0.5, 0.6) is 0 Å². The van der Waals surface area contributed by atoms with Gasteiger partial charge in [0.1, 0.15) is 5.69 Å². The molecule has 0 fully saturated rings. The van der Waals surface area contributed by atoms with Crippen LogP contribution in [-0.4, -0.2) is 21.6 Å². The third kappa shape index (κ3) is 4.99. The summed E-state index contributed by atoms with van der Waals surface area (Å²) in [7, 11) is 0. The Kier molecular flexibility index (Phi) is 5.41. The van der Waals surface area contributed by atoms with Gasteiger partial charge in [-0.3, -0.25) is 4.79 Å². The number of nitrogens with zero attached hydrogens (tertiary/aromatic N) is 2. The maximum atomic E-state index is 12.5. The second-order valence-corrected chi connectivity index (χ2v) is 5.92. The van der Waals surface area contributed by atoms with Gasteiger partial charge in [0.2, 0.25) is 5.91 Å². The predicted molar refractivity (Wildman–Crippen MR) is 80.5 cm³/mol. The van der Waals surface area contributed by atoms with Gasteiger partial charge in [0.15, 0.2) is 5.16 Å². The van der Waals surface area contributed by atoms with Crippen molar-refractivity contribution in [1.29, 1.82) is 0 Å². The largest absolute Gasteiger partial charge is 0.433 e. The number of rotatable bonds is 4. The van der Waals surface area contributed by atoms with Crippen molar-refractivity contribution in [1.82, 2.24) is 9.97 Å². The lowest BCUT2D eigenvalue weighted by Crippen LogP contribution is -2.14. The first-order chi connectivity index (χ1) is 10.3. The van der Waals surface area contributed by atoms with Crippen LogP contribution in [0.15, 0.2) is 46.2 Å². The molecule has 0 saturated heterocycles. The summed E-state index contributed by atoms with van der Waals surface area (Å²) in [6, 6.07) is 7.71. The Morgan fingerprint density at radius 3 is 2.55 bits per heavy atom. The highest BCUT2D eigenvalue weighted by molar-refractivity contribution is 9.10. The van der Waals surface area contributed by atoms with Crippen LogP contribution in [0, 0.1) is 0 Å². The molecule has 0 saturated carbocycles. The van der Waals surface area contributed by atoms with E-state index in [9.17, 15) is 18.0 Å². The van der Waals surface area contributed by atoms with Gasteiger partial charge in [0.25, 0.3) is 0 Å². The average molecular weight is 392 g/mol. The number of amides is 1. The molecule has 1 amide bonds. The van der Waals surface area contributed by atoms with Crippen LogP contribution >= 0.6 is 27.7 Å². The third-order valence-corrected chi connectivity index (χ3v) is 3.77. The lowest BCUT2D eigenvalue weighted by Gasteiger charge is -2.07. The van der Waals surface area contributed by atoms with Crippen LogP contribution in [0.1, 0.15) is 5.69 Å². The predicted octanol–water partition coefficient (Wildman–Crippen LogP) is 3.99. The van der Waals surface area contributed by atoms with Crippen molar-refractivity contribution in [3.63, 3.8) is 0 Å². The number of aromatic nitrogens is 2. The van der Waals surface area contributed by atoms with E-state index in [4.69, 9.17) is 0 Å². The van der Waals surface area contributed by atoms with Crippen LogP contribution in [0.4, 0.5) is 18.9 Å². The summed E-state index contributed by atoms with van der Waals surface area (Å²) >= 11 is 4.11. The Labute approximate surface area is 136 Å². The average Bonchev–Trinajstić information content (AvgIpc) is 2.47. The van der Waals surface area contributed by atoms with E-state index in [1.165, 1.54) is 0 Å². The fraction of sp³-hybridized carbons (Fsp3) is 0.154. The standard InChI is InChI=1S/C13H9BrF3N3OS/c14-8-1-3-9(4-2-8)19-11(21)7-22-12-18-6-5-10(20-12)13(15,16)17/h1-6H,7H2,(H,19,21). The van der Waals surface area contributed by atoms with E-state index in [0.717, 1.165) is 28.5 Å². The van der Waals surface area contributed by atoms with Crippen LogP contribution in [-0.2, 0) is 11.0 Å². The Balaban J connectivity index is 1.92. The Morgan fingerprint density at radius 1 is 1.23 bits per heavy atom. The number of anilines is 1. The molecule has 4 nitrogen and oxygen atoms in total. The van der Waals surface area contributed by atoms with E-state index in [0.29, 0.717) is 5.69 Å². The molecule has 0 aliphatic rings. The number of benzene rings is 1. The van der Waals surface area contributed by atoms with Crippen LogP contribution < -0.4 is 5.32 Å². The Morgan fingerprint density at radius 2 is 1.91 bits per heavy atom. The van der Waals surface area contributed by atoms with Crippen molar-refractivity contribution in [2.24, 2.45) is 0 Å². The summed E-state index contributed by atoms with van der Waals surface area (Å²) < 4.78 is 38.4. The van der Waals surface area contributed by atoms with Gasteiger partial charge in [-0.2, -0.15) is 13.2 Å². The highest BCUT2D eigenvalue weighted by atomic mass is 79.9. The summed E-state index contributed by atoms with van der Waals surface area (Å²) in [6.07, 6.45) is -3.51. The molecule has 1 aromatic heterocycles. The number of alkyl halides is 3. The van der Waals surface area contributed by atoms with Gasteiger partial charge in [-0.15, -0.1) is 0 Å². The number of nitrogens with one attached hydrogen (secondary N) is 1. The smallest absolute Gasteiger partial charge is 0.325 e. The van der Waals surface area contributed by atoms with Gasteiger partial charge in [0.05, 0.1) is 5.75 Å². The lowest BCUT2D eigenvalue weighted by molar-refractivity contribution is -0.141. The second-order valence-electron chi connectivity index (χ2n) is 4.07. The normalized spacial score (nSPS) is 11.3. The summed E-state index contributed by atoms with van der Waals surface area (Å²) in [4.78, 5) is 18.8. The van der Waals surface area contributed by atoms with Crippen molar-refractivity contribution >= 4 is 39.3 Å². The quantitative estimate of drug-likeness (QED) is 0.632. The molecule has 22 heavy (non-hydrogen) atoms. The molecule has 1 aromatic carbocycles. The van der Waals surface area contributed by atoms with Crippen molar-refractivity contribution in [2.75, 3.05) is 11.1 Å². The molecule has 0 spiro atoms. The Hall–Kier alpha value is -1.61. The van der Waals surface area contributed by atoms with Gasteiger partial charge in [-0.1, -0.05) is 27.7 Å². The molecule has 116 valence electrons. The molecule has 1 heterocycles. The number of hydrogen-bond donors (Lipinski definition) is 1. The van der Waals surface area contributed by atoms with Crippen LogP contribution in [0.3, 0.4) is 0 Å². The minimum atomic E-state index is -4.53. The SMILES string of the molecule is O=C(CSc1nccc(C(F)(F)F)n1)Nc1ccc(Br)cc1. The molecule has 2 aromatic rings. The topological polar surface area (TPSA) is 54.9 Å². The second kappa shape index (κ2) is 7.10. The van der Waals surface area contributed by atoms with Gasteiger partial charge in [-0.05, 0) is 30.3 Å². The number of carbonyl (C=O) groups is 1. The van der Waals surface area contributed by atoms with E-state index in [2.05, 4.69) is 31.2 Å². The number of hydrogen-bond acceptors (Lipinski definition) is 4. The minimum absolute atomic E-state index is 0.0859. The van der Waals surface area contributed by atoms with E-state index in [1.807, 2.05) is 0 Å². The molecule has 0 aliphatic heterocycles. The maximum Gasteiger partial charge on any atom is 0.433 e. The minimum Gasteiger partial charge on any atom is -0.325 e. The van der Waals surface area contributed by atoms with Crippen molar-refractivity contribution in [2.45, 2.75) is 11.3 Å². The maximum absolute atomic E-state index is 12.5. The molecule has 0 atom stereocenters. The lowest BCUT2D eigenvalue weighted by atomic mass is 10.3. The van der Waals surface area contributed by atoms with Gasteiger partial charge < -0.3 is 5.32 Å². The van der Waals surface area contributed by atoms with Crippen molar-refractivity contribution in [3.8, 4) is 0 Å². The summed E-state index contributed by atoms with van der Waals surface area (Å²) in [6.45, 7) is 0. The molecule has 0 aliphatic carbocycles. The molecular formula is C13H9BrF3N3OS. The van der Waals surface area contributed by atoms with E-state index in [1.54, 1.807) is 24.3 Å². The first kappa shape index (κ1) is 16.8. The summed E-state index contributed by atoms with van der Waals surface area (Å²) in [5.74, 6) is -0.439. The zero-order valence-corrected chi connectivity index (χ0v) is 13.3. The first-order valence-corrected chi connectivity index (χ1v) is 7.71. The zero-order chi connectivity index (χ0) is 16.2. The number of thioether (sulfide) groups is 1. The molecular weight excluding hydrogens is 383 g/mol. The number of carbonyl (C=O) groups excluding carboxylic acids is 1. The summed E-state index contributed by atoms with van der Waals surface area (Å²) in [5, 5.41) is 2.53. The molecule has 1 N–H and O–H groups in total. The summed E-state index contributed by atoms with van der Waals surface area (Å²) in [5.41, 5.74) is -0.433. The first-order valence-electron chi connectivity index (χ1n) is 5.93. The molecule has 0 unspecified atom stereocenters. The van der Waals surface area contributed by atoms with Crippen molar-refractivity contribution < 1.29 is 18.0 Å². The molecule has 2 rings (SSSR count). The molecule has 0 bridgehead atoms. The fourth-order valence-electron chi connectivity index (χ4n) is 1.43. The highest BCUT2D eigenvalue weighted by Crippen LogP contribution is 2.28. The monoisotopic (exact) mass is 391 g/mol. The molecule has 0 radical (unpaired) electrons. The number of halogens is 4. The highest BCUT2D eigenvalue weighted by Gasteiger charge is 2.32. The van der Waals surface area contributed by atoms with E-state index < -0.39 is 11.9 Å².